The molecule has 0 aliphatic carbocycles. The van der Waals surface area contributed by atoms with E-state index in [4.69, 9.17) is 4.74 Å². The first-order chi connectivity index (χ1) is 8.81. The maximum Gasteiger partial charge on any atom is 0.242 e. The fourth-order valence-electron chi connectivity index (χ4n) is 1.88. The smallest absolute Gasteiger partial charge is 0.242 e. The molecule has 98 valence electrons. The molecule has 1 aliphatic heterocycles. The largest absolute Gasteiger partial charge is 0.380 e. The Hall–Kier alpha value is -1.04. The SMILES string of the molecule is COCc1ccccc1NC(=O)C1CSCCN1. The van der Waals surface area contributed by atoms with E-state index < -0.39 is 0 Å². The molecule has 0 bridgehead atoms. The molecule has 18 heavy (non-hydrogen) atoms. The molecule has 0 saturated carbocycles. The molecule has 1 amide bonds. The van der Waals surface area contributed by atoms with Crippen LogP contribution in [0.2, 0.25) is 0 Å². The number of hydrogen-bond acceptors (Lipinski definition) is 4. The first-order valence-corrected chi connectivity index (χ1v) is 7.15. The average molecular weight is 266 g/mol. The Kier molecular flexibility index (Phi) is 5.04. The number of benzene rings is 1. The van der Waals surface area contributed by atoms with Crippen LogP contribution in [-0.2, 0) is 16.1 Å². The van der Waals surface area contributed by atoms with Crippen LogP contribution in [0.3, 0.4) is 0 Å². The topological polar surface area (TPSA) is 50.4 Å². The van der Waals surface area contributed by atoms with Crippen molar-refractivity contribution in [1.29, 1.82) is 0 Å². The van der Waals surface area contributed by atoms with Gasteiger partial charge in [0.25, 0.3) is 0 Å². The number of amides is 1. The highest BCUT2D eigenvalue weighted by atomic mass is 32.2. The summed E-state index contributed by atoms with van der Waals surface area (Å²) in [6, 6.07) is 7.63. The van der Waals surface area contributed by atoms with Crippen molar-refractivity contribution in [2.45, 2.75) is 12.6 Å². The second-order valence-corrected chi connectivity index (χ2v) is 5.31. The van der Waals surface area contributed by atoms with E-state index in [2.05, 4.69) is 10.6 Å². The molecule has 1 atom stereocenters. The van der Waals surface area contributed by atoms with E-state index in [-0.39, 0.29) is 11.9 Å². The molecule has 0 spiro atoms. The minimum Gasteiger partial charge on any atom is -0.380 e. The molecule has 2 rings (SSSR count). The molecular formula is C13H18N2O2S. The summed E-state index contributed by atoms with van der Waals surface area (Å²) < 4.78 is 5.12. The van der Waals surface area contributed by atoms with Gasteiger partial charge in [-0.3, -0.25) is 4.79 Å². The lowest BCUT2D eigenvalue weighted by Gasteiger charge is -2.22. The summed E-state index contributed by atoms with van der Waals surface area (Å²) in [5.74, 6) is 1.94. The van der Waals surface area contributed by atoms with Crippen LogP contribution in [0.25, 0.3) is 0 Å². The number of rotatable bonds is 4. The zero-order chi connectivity index (χ0) is 12.8. The highest BCUT2D eigenvalue weighted by Gasteiger charge is 2.21. The number of anilines is 1. The van der Waals surface area contributed by atoms with Crippen LogP contribution in [0.1, 0.15) is 5.56 Å². The van der Waals surface area contributed by atoms with Crippen molar-refractivity contribution in [3.8, 4) is 0 Å². The predicted molar refractivity (Wildman–Crippen MR) is 74.9 cm³/mol. The standard InChI is InChI=1S/C13H18N2O2S/c1-17-8-10-4-2-3-5-11(10)15-13(16)12-9-18-7-6-14-12/h2-5,12,14H,6-9H2,1H3,(H,15,16). The Morgan fingerprint density at radius 1 is 1.56 bits per heavy atom. The summed E-state index contributed by atoms with van der Waals surface area (Å²) in [4.78, 5) is 12.1. The van der Waals surface area contributed by atoms with Gasteiger partial charge in [-0.2, -0.15) is 11.8 Å². The van der Waals surface area contributed by atoms with Crippen molar-refractivity contribution >= 4 is 23.4 Å². The Morgan fingerprint density at radius 2 is 2.39 bits per heavy atom. The molecule has 0 radical (unpaired) electrons. The van der Waals surface area contributed by atoms with Crippen molar-refractivity contribution in [3.05, 3.63) is 29.8 Å². The van der Waals surface area contributed by atoms with Gasteiger partial charge in [0.2, 0.25) is 5.91 Å². The fraction of sp³-hybridized carbons (Fsp3) is 0.462. The van der Waals surface area contributed by atoms with Crippen LogP contribution in [0.4, 0.5) is 5.69 Å². The van der Waals surface area contributed by atoms with Gasteiger partial charge in [0.1, 0.15) is 0 Å². The fourth-order valence-corrected chi connectivity index (χ4v) is 2.81. The van der Waals surface area contributed by atoms with Crippen LogP contribution < -0.4 is 10.6 Å². The maximum atomic E-state index is 12.1. The van der Waals surface area contributed by atoms with Crippen LogP contribution >= 0.6 is 11.8 Å². The van der Waals surface area contributed by atoms with Crippen molar-refractivity contribution in [3.63, 3.8) is 0 Å². The molecule has 1 unspecified atom stereocenters. The molecule has 1 aromatic carbocycles. The zero-order valence-electron chi connectivity index (χ0n) is 10.4. The minimum atomic E-state index is -0.0978. The van der Waals surface area contributed by atoms with E-state index in [1.807, 2.05) is 36.0 Å². The van der Waals surface area contributed by atoms with Crippen LogP contribution in [0.15, 0.2) is 24.3 Å². The first kappa shape index (κ1) is 13.4. The number of methoxy groups -OCH3 is 1. The van der Waals surface area contributed by atoms with Gasteiger partial charge in [-0.05, 0) is 6.07 Å². The number of hydrogen-bond donors (Lipinski definition) is 2. The van der Waals surface area contributed by atoms with Crippen LogP contribution in [0, 0.1) is 0 Å². The number of ether oxygens (including phenoxy) is 1. The highest BCUT2D eigenvalue weighted by molar-refractivity contribution is 7.99. The lowest BCUT2D eigenvalue weighted by atomic mass is 10.1. The molecular weight excluding hydrogens is 248 g/mol. The Labute approximate surface area is 111 Å². The van der Waals surface area contributed by atoms with Gasteiger partial charge in [0.05, 0.1) is 12.6 Å². The van der Waals surface area contributed by atoms with Crippen LogP contribution in [0.5, 0.6) is 0 Å². The number of carbonyl (C=O) groups is 1. The minimum absolute atomic E-state index is 0.0331. The molecule has 1 aliphatic rings. The molecule has 1 saturated heterocycles. The normalized spacial score (nSPS) is 19.5. The van der Waals surface area contributed by atoms with Crippen molar-refractivity contribution in [2.75, 3.05) is 30.5 Å². The lowest BCUT2D eigenvalue weighted by molar-refractivity contribution is -0.117. The Morgan fingerprint density at radius 3 is 3.11 bits per heavy atom. The van der Waals surface area contributed by atoms with E-state index >= 15 is 0 Å². The summed E-state index contributed by atoms with van der Waals surface area (Å²) in [5.41, 5.74) is 1.83. The number of carbonyl (C=O) groups excluding carboxylic acids is 1. The van der Waals surface area contributed by atoms with E-state index in [1.54, 1.807) is 7.11 Å². The average Bonchev–Trinajstić information content (AvgIpc) is 2.42. The van der Waals surface area contributed by atoms with Gasteiger partial charge in [-0.15, -0.1) is 0 Å². The van der Waals surface area contributed by atoms with Crippen molar-refractivity contribution in [2.24, 2.45) is 0 Å². The second kappa shape index (κ2) is 6.78. The van der Waals surface area contributed by atoms with Gasteiger partial charge >= 0.3 is 0 Å². The maximum absolute atomic E-state index is 12.1. The third-order valence-electron chi connectivity index (χ3n) is 2.81. The molecule has 1 aromatic rings. The molecule has 0 aromatic heterocycles. The summed E-state index contributed by atoms with van der Waals surface area (Å²) in [7, 11) is 1.65. The molecule has 1 fully saturated rings. The third-order valence-corrected chi connectivity index (χ3v) is 3.88. The summed E-state index contributed by atoms with van der Waals surface area (Å²) >= 11 is 1.81. The first-order valence-electron chi connectivity index (χ1n) is 6.00. The highest BCUT2D eigenvalue weighted by Crippen LogP contribution is 2.17. The molecule has 2 N–H and O–H groups in total. The van der Waals surface area contributed by atoms with Gasteiger partial charge in [-0.1, -0.05) is 18.2 Å². The molecule has 5 heteroatoms. The van der Waals surface area contributed by atoms with Crippen molar-refractivity contribution < 1.29 is 9.53 Å². The monoisotopic (exact) mass is 266 g/mol. The Balaban J connectivity index is 2.01. The molecule has 4 nitrogen and oxygen atoms in total. The number of para-hydroxylation sites is 1. The number of nitrogens with one attached hydrogen (secondary N) is 2. The van der Waals surface area contributed by atoms with Gasteiger partial charge in [-0.25, -0.2) is 0 Å². The quantitative estimate of drug-likeness (QED) is 0.866. The number of thioether (sulfide) groups is 1. The van der Waals surface area contributed by atoms with E-state index in [9.17, 15) is 4.79 Å². The predicted octanol–water partition coefficient (Wildman–Crippen LogP) is 1.48. The molecule has 1 heterocycles. The van der Waals surface area contributed by atoms with Gasteiger partial charge < -0.3 is 15.4 Å². The van der Waals surface area contributed by atoms with E-state index in [0.29, 0.717) is 6.61 Å². The van der Waals surface area contributed by atoms with Crippen molar-refractivity contribution in [1.82, 2.24) is 5.32 Å². The van der Waals surface area contributed by atoms with Crippen LogP contribution in [-0.4, -0.2) is 37.1 Å². The third kappa shape index (κ3) is 3.48. The van der Waals surface area contributed by atoms with Gasteiger partial charge in [0.15, 0.2) is 0 Å². The summed E-state index contributed by atoms with van der Waals surface area (Å²) in [5, 5.41) is 6.20. The van der Waals surface area contributed by atoms with E-state index in [0.717, 1.165) is 29.3 Å². The Bertz CT molecular complexity index is 406. The summed E-state index contributed by atoms with van der Waals surface area (Å²) in [6.07, 6.45) is 0. The zero-order valence-corrected chi connectivity index (χ0v) is 11.3. The van der Waals surface area contributed by atoms with E-state index in [1.165, 1.54) is 0 Å². The second-order valence-electron chi connectivity index (χ2n) is 4.16. The van der Waals surface area contributed by atoms with Gasteiger partial charge in [0, 0.05) is 36.4 Å². The lowest BCUT2D eigenvalue weighted by Crippen LogP contribution is -2.46. The summed E-state index contributed by atoms with van der Waals surface area (Å²) in [6.45, 7) is 1.39.